The lowest BCUT2D eigenvalue weighted by Gasteiger charge is -2.35. The Bertz CT molecular complexity index is 926. The maximum absolute atomic E-state index is 12.8. The van der Waals surface area contributed by atoms with Gasteiger partial charge in [-0.1, -0.05) is 53.0 Å². The second kappa shape index (κ2) is 7.94. The number of piperazine rings is 1. The first-order valence-electron chi connectivity index (χ1n) is 9.23. The van der Waals surface area contributed by atoms with E-state index in [0.717, 1.165) is 17.0 Å². The SMILES string of the molecule is O=C(c1ccc(Cl)cc1Cl)N1CCN(C(=O)C2CC2c2ccccc2Cl)CC1. The number of nitrogens with zero attached hydrogens (tertiary/aromatic N) is 2. The van der Waals surface area contributed by atoms with Gasteiger partial charge < -0.3 is 9.80 Å². The van der Waals surface area contributed by atoms with E-state index in [4.69, 9.17) is 34.8 Å². The van der Waals surface area contributed by atoms with E-state index in [1.165, 1.54) is 0 Å². The van der Waals surface area contributed by atoms with Gasteiger partial charge in [0.25, 0.3) is 5.91 Å². The average Bonchev–Trinajstić information content (AvgIpc) is 3.48. The number of amides is 2. The maximum Gasteiger partial charge on any atom is 0.255 e. The van der Waals surface area contributed by atoms with Crippen molar-refractivity contribution in [2.75, 3.05) is 26.2 Å². The third-order valence-electron chi connectivity index (χ3n) is 5.45. The van der Waals surface area contributed by atoms with Crippen LogP contribution < -0.4 is 0 Å². The van der Waals surface area contributed by atoms with Crippen LogP contribution in [0.4, 0.5) is 0 Å². The first-order valence-corrected chi connectivity index (χ1v) is 10.4. The van der Waals surface area contributed by atoms with E-state index in [0.29, 0.717) is 41.8 Å². The molecular weight excluding hydrogens is 419 g/mol. The standard InChI is InChI=1S/C21H19Cl3N2O2/c22-13-5-6-15(19(24)11-13)20(27)25-7-9-26(10-8-25)21(28)17-12-16(17)14-3-1-2-4-18(14)23/h1-6,11,16-17H,7-10,12H2. The van der Waals surface area contributed by atoms with Crippen LogP contribution in [0.5, 0.6) is 0 Å². The highest BCUT2D eigenvalue weighted by molar-refractivity contribution is 6.36. The largest absolute Gasteiger partial charge is 0.339 e. The van der Waals surface area contributed by atoms with Crippen LogP contribution in [0.3, 0.4) is 0 Å². The fraction of sp³-hybridized carbons (Fsp3) is 0.333. The van der Waals surface area contributed by atoms with Gasteiger partial charge in [-0.15, -0.1) is 0 Å². The van der Waals surface area contributed by atoms with E-state index >= 15 is 0 Å². The fourth-order valence-corrected chi connectivity index (χ4v) is 4.55. The Labute approximate surface area is 179 Å². The second-order valence-electron chi connectivity index (χ2n) is 7.21. The molecule has 1 aliphatic carbocycles. The van der Waals surface area contributed by atoms with Crippen LogP contribution in [-0.4, -0.2) is 47.8 Å². The molecule has 2 aromatic rings. The zero-order chi connectivity index (χ0) is 19.8. The van der Waals surface area contributed by atoms with E-state index in [2.05, 4.69) is 0 Å². The molecule has 0 radical (unpaired) electrons. The molecule has 0 N–H and O–H groups in total. The predicted molar refractivity (Wildman–Crippen MR) is 111 cm³/mol. The summed E-state index contributed by atoms with van der Waals surface area (Å²) in [5.41, 5.74) is 1.49. The molecule has 0 spiro atoms. The van der Waals surface area contributed by atoms with Crippen LogP contribution in [0, 0.1) is 5.92 Å². The summed E-state index contributed by atoms with van der Waals surface area (Å²) >= 11 is 18.3. The highest BCUT2D eigenvalue weighted by Crippen LogP contribution is 2.50. The van der Waals surface area contributed by atoms with Crippen LogP contribution in [0.15, 0.2) is 42.5 Å². The lowest BCUT2D eigenvalue weighted by atomic mass is 10.1. The van der Waals surface area contributed by atoms with Crippen molar-refractivity contribution in [3.63, 3.8) is 0 Å². The van der Waals surface area contributed by atoms with Crippen molar-refractivity contribution in [3.8, 4) is 0 Å². The molecular formula is C21H19Cl3N2O2. The summed E-state index contributed by atoms with van der Waals surface area (Å²) < 4.78 is 0. The van der Waals surface area contributed by atoms with Crippen LogP contribution >= 0.6 is 34.8 Å². The smallest absolute Gasteiger partial charge is 0.255 e. The second-order valence-corrected chi connectivity index (χ2v) is 8.46. The molecule has 7 heteroatoms. The third-order valence-corrected chi connectivity index (χ3v) is 6.34. The van der Waals surface area contributed by atoms with Crippen molar-refractivity contribution in [3.05, 3.63) is 68.7 Å². The quantitative estimate of drug-likeness (QED) is 0.696. The molecule has 2 fully saturated rings. The third kappa shape index (κ3) is 3.86. The van der Waals surface area contributed by atoms with E-state index in [1.807, 2.05) is 29.2 Å². The first kappa shape index (κ1) is 19.6. The van der Waals surface area contributed by atoms with Gasteiger partial charge in [0.1, 0.15) is 0 Å². The number of hydrogen-bond acceptors (Lipinski definition) is 2. The molecule has 1 heterocycles. The molecule has 2 atom stereocenters. The number of hydrogen-bond donors (Lipinski definition) is 0. The first-order chi connectivity index (χ1) is 13.5. The molecule has 2 unspecified atom stereocenters. The van der Waals surface area contributed by atoms with Gasteiger partial charge >= 0.3 is 0 Å². The summed E-state index contributed by atoms with van der Waals surface area (Å²) in [6, 6.07) is 12.6. The van der Waals surface area contributed by atoms with Crippen molar-refractivity contribution in [2.45, 2.75) is 12.3 Å². The summed E-state index contributed by atoms with van der Waals surface area (Å²) in [6.45, 7) is 2.04. The van der Waals surface area contributed by atoms with Crippen molar-refractivity contribution in [1.29, 1.82) is 0 Å². The lowest BCUT2D eigenvalue weighted by Crippen LogP contribution is -2.51. The normalized spacial score (nSPS) is 21.5. The molecule has 0 aromatic heterocycles. The number of benzene rings is 2. The summed E-state index contributed by atoms with van der Waals surface area (Å²) in [5.74, 6) is 0.220. The number of carbonyl (C=O) groups excluding carboxylic acids is 2. The van der Waals surface area contributed by atoms with E-state index in [-0.39, 0.29) is 23.7 Å². The van der Waals surface area contributed by atoms with E-state index < -0.39 is 0 Å². The molecule has 4 nitrogen and oxygen atoms in total. The van der Waals surface area contributed by atoms with Gasteiger partial charge in [0.15, 0.2) is 0 Å². The predicted octanol–water partition coefficient (Wildman–Crippen LogP) is 4.73. The van der Waals surface area contributed by atoms with Crippen molar-refractivity contribution < 1.29 is 9.59 Å². The molecule has 1 saturated carbocycles. The van der Waals surface area contributed by atoms with Crippen LogP contribution in [0.1, 0.15) is 28.3 Å². The zero-order valence-electron chi connectivity index (χ0n) is 15.1. The van der Waals surface area contributed by atoms with Crippen LogP contribution in [0.2, 0.25) is 15.1 Å². The average molecular weight is 438 g/mol. The van der Waals surface area contributed by atoms with Crippen LogP contribution in [-0.2, 0) is 4.79 Å². The number of carbonyl (C=O) groups is 2. The van der Waals surface area contributed by atoms with Gasteiger partial charge in [-0.05, 0) is 42.2 Å². The fourth-order valence-electron chi connectivity index (χ4n) is 3.79. The van der Waals surface area contributed by atoms with Gasteiger partial charge in [-0.25, -0.2) is 0 Å². The van der Waals surface area contributed by atoms with E-state index in [1.54, 1.807) is 23.1 Å². The minimum absolute atomic E-state index is 0.00661. The summed E-state index contributed by atoms with van der Waals surface area (Å²) in [4.78, 5) is 29.1. The van der Waals surface area contributed by atoms with Gasteiger partial charge in [0.05, 0.1) is 10.6 Å². The molecule has 2 aromatic carbocycles. The highest BCUT2D eigenvalue weighted by atomic mass is 35.5. The maximum atomic E-state index is 12.8. The molecule has 0 bridgehead atoms. The molecule has 2 aliphatic rings. The van der Waals surface area contributed by atoms with Gasteiger partial charge in [-0.2, -0.15) is 0 Å². The molecule has 2 amide bonds. The van der Waals surface area contributed by atoms with Crippen molar-refractivity contribution >= 4 is 46.6 Å². The van der Waals surface area contributed by atoms with Crippen LogP contribution in [0.25, 0.3) is 0 Å². The molecule has 146 valence electrons. The lowest BCUT2D eigenvalue weighted by molar-refractivity contribution is -0.134. The van der Waals surface area contributed by atoms with Crippen molar-refractivity contribution in [1.82, 2.24) is 9.80 Å². The molecule has 1 saturated heterocycles. The summed E-state index contributed by atoms with van der Waals surface area (Å²) in [5, 5.41) is 1.56. The minimum Gasteiger partial charge on any atom is -0.339 e. The Kier molecular flexibility index (Phi) is 5.55. The Morgan fingerprint density at radius 2 is 1.54 bits per heavy atom. The molecule has 1 aliphatic heterocycles. The topological polar surface area (TPSA) is 40.6 Å². The highest BCUT2D eigenvalue weighted by Gasteiger charge is 2.47. The monoisotopic (exact) mass is 436 g/mol. The van der Waals surface area contributed by atoms with E-state index in [9.17, 15) is 9.59 Å². The van der Waals surface area contributed by atoms with Gasteiger partial charge in [-0.3, -0.25) is 9.59 Å². The number of rotatable bonds is 3. The zero-order valence-corrected chi connectivity index (χ0v) is 17.3. The summed E-state index contributed by atoms with van der Waals surface area (Å²) in [6.07, 6.45) is 0.835. The van der Waals surface area contributed by atoms with Gasteiger partial charge in [0, 0.05) is 42.1 Å². The molecule has 28 heavy (non-hydrogen) atoms. The Morgan fingerprint density at radius 1 is 0.857 bits per heavy atom. The summed E-state index contributed by atoms with van der Waals surface area (Å²) in [7, 11) is 0. The Hall–Kier alpha value is -1.75. The Morgan fingerprint density at radius 3 is 2.21 bits per heavy atom. The molecule has 4 rings (SSSR count). The number of halogens is 3. The minimum atomic E-state index is -0.130. The van der Waals surface area contributed by atoms with Gasteiger partial charge in [0.2, 0.25) is 5.91 Å². The van der Waals surface area contributed by atoms with Crippen molar-refractivity contribution in [2.24, 2.45) is 5.92 Å². The Balaban J connectivity index is 1.35.